The number of aromatic nitrogens is 5. The van der Waals surface area contributed by atoms with Gasteiger partial charge in [-0.1, -0.05) is 13.3 Å². The number of rotatable bonds is 6. The number of carbonyl (C=O) groups excluding carboxylic acids is 1. The van der Waals surface area contributed by atoms with E-state index < -0.39 is 0 Å². The van der Waals surface area contributed by atoms with E-state index in [0.29, 0.717) is 18.2 Å². The Labute approximate surface area is 170 Å². The number of nitrogens with zero attached hydrogens (tertiary/aromatic N) is 6. The number of carbonyl (C=O) groups is 1. The van der Waals surface area contributed by atoms with Crippen LogP contribution in [0.5, 0.6) is 0 Å². The van der Waals surface area contributed by atoms with Gasteiger partial charge in [-0.3, -0.25) is 14.5 Å². The van der Waals surface area contributed by atoms with E-state index in [2.05, 4.69) is 37.2 Å². The molecule has 8 heteroatoms. The highest BCUT2D eigenvalue weighted by Crippen LogP contribution is 2.21. The molecule has 0 aliphatic carbocycles. The number of aryl methyl sites for hydroxylation is 2. The van der Waals surface area contributed by atoms with Crippen LogP contribution >= 0.6 is 0 Å². The first-order valence-corrected chi connectivity index (χ1v) is 9.96. The molecule has 29 heavy (non-hydrogen) atoms. The van der Waals surface area contributed by atoms with Crippen molar-refractivity contribution in [1.29, 1.82) is 0 Å². The molecule has 150 valence electrons. The number of hydrogen-bond acceptors (Lipinski definition) is 6. The lowest BCUT2D eigenvalue weighted by Crippen LogP contribution is -2.38. The van der Waals surface area contributed by atoms with Crippen LogP contribution in [0.25, 0.3) is 11.3 Å². The van der Waals surface area contributed by atoms with Crippen LogP contribution in [0, 0.1) is 0 Å². The monoisotopic (exact) mass is 391 g/mol. The summed E-state index contributed by atoms with van der Waals surface area (Å²) in [4.78, 5) is 28.1. The average molecular weight is 391 g/mol. The number of anilines is 1. The second-order valence-corrected chi connectivity index (χ2v) is 7.28. The summed E-state index contributed by atoms with van der Waals surface area (Å²) in [7, 11) is 1.81. The molecule has 0 spiro atoms. The van der Waals surface area contributed by atoms with Crippen molar-refractivity contribution in [2.45, 2.75) is 32.2 Å². The third-order valence-corrected chi connectivity index (χ3v) is 5.08. The minimum Gasteiger partial charge on any atom is -0.346 e. The number of hydrogen-bond donors (Lipinski definition) is 1. The first-order valence-electron chi connectivity index (χ1n) is 9.96. The Bertz CT molecular complexity index is 986. The zero-order chi connectivity index (χ0) is 20.2. The van der Waals surface area contributed by atoms with Gasteiger partial charge in [0.2, 0.25) is 5.95 Å². The van der Waals surface area contributed by atoms with Crippen molar-refractivity contribution in [1.82, 2.24) is 30.0 Å². The number of nitrogens with one attached hydrogen (secondary N) is 1. The Balaban J connectivity index is 1.41. The molecule has 1 aliphatic rings. The second kappa shape index (κ2) is 8.38. The van der Waals surface area contributed by atoms with Crippen molar-refractivity contribution >= 4 is 11.9 Å². The molecular formula is C21H25N7O. The van der Waals surface area contributed by atoms with Crippen LogP contribution in [0.15, 0.2) is 42.9 Å². The Morgan fingerprint density at radius 2 is 2.21 bits per heavy atom. The van der Waals surface area contributed by atoms with Crippen molar-refractivity contribution in [2.75, 3.05) is 18.0 Å². The molecule has 4 heterocycles. The van der Waals surface area contributed by atoms with Crippen molar-refractivity contribution in [3.8, 4) is 11.3 Å². The Morgan fingerprint density at radius 1 is 1.31 bits per heavy atom. The SMILES string of the molecule is CCCc1cc(C(=O)NC2CCN(c3nccc(-c4cccnc4)n3)C2)n(C)n1. The molecule has 1 N–H and O–H groups in total. The van der Waals surface area contributed by atoms with E-state index in [-0.39, 0.29) is 11.9 Å². The number of pyridine rings is 1. The summed E-state index contributed by atoms with van der Waals surface area (Å²) >= 11 is 0. The molecule has 8 nitrogen and oxygen atoms in total. The van der Waals surface area contributed by atoms with E-state index >= 15 is 0 Å². The van der Waals surface area contributed by atoms with Gasteiger partial charge >= 0.3 is 0 Å². The van der Waals surface area contributed by atoms with Crippen LogP contribution in [-0.2, 0) is 13.5 Å². The molecule has 1 unspecified atom stereocenters. The molecule has 4 rings (SSSR count). The summed E-state index contributed by atoms with van der Waals surface area (Å²) in [6, 6.07) is 7.69. The third kappa shape index (κ3) is 4.26. The topological polar surface area (TPSA) is 88.8 Å². The minimum atomic E-state index is -0.0840. The quantitative estimate of drug-likeness (QED) is 0.693. The predicted molar refractivity (Wildman–Crippen MR) is 111 cm³/mol. The highest BCUT2D eigenvalue weighted by Gasteiger charge is 2.27. The highest BCUT2D eigenvalue weighted by molar-refractivity contribution is 5.93. The molecule has 3 aromatic heterocycles. The maximum absolute atomic E-state index is 12.7. The lowest BCUT2D eigenvalue weighted by atomic mass is 10.2. The van der Waals surface area contributed by atoms with E-state index in [9.17, 15) is 4.79 Å². The van der Waals surface area contributed by atoms with Gasteiger partial charge < -0.3 is 10.2 Å². The zero-order valence-corrected chi connectivity index (χ0v) is 16.7. The van der Waals surface area contributed by atoms with E-state index in [4.69, 9.17) is 0 Å². The molecule has 0 radical (unpaired) electrons. The predicted octanol–water partition coefficient (Wildman–Crippen LogP) is 2.23. The molecule has 0 saturated carbocycles. The fourth-order valence-corrected chi connectivity index (χ4v) is 3.61. The molecule has 0 aromatic carbocycles. The van der Waals surface area contributed by atoms with E-state index in [0.717, 1.165) is 42.8 Å². The summed E-state index contributed by atoms with van der Waals surface area (Å²) in [6.45, 7) is 3.59. The Hall–Kier alpha value is -3.29. The van der Waals surface area contributed by atoms with Crippen molar-refractivity contribution in [2.24, 2.45) is 7.05 Å². The van der Waals surface area contributed by atoms with Crippen molar-refractivity contribution < 1.29 is 4.79 Å². The van der Waals surface area contributed by atoms with Crippen molar-refractivity contribution in [3.05, 3.63) is 54.2 Å². The lowest BCUT2D eigenvalue weighted by molar-refractivity contribution is 0.0931. The normalized spacial score (nSPS) is 16.2. The van der Waals surface area contributed by atoms with E-state index in [1.54, 1.807) is 23.3 Å². The highest BCUT2D eigenvalue weighted by atomic mass is 16.2. The van der Waals surface area contributed by atoms with Crippen LogP contribution in [0.3, 0.4) is 0 Å². The fourth-order valence-electron chi connectivity index (χ4n) is 3.61. The molecule has 1 atom stereocenters. The molecular weight excluding hydrogens is 366 g/mol. The van der Waals surface area contributed by atoms with Gasteiger partial charge in [0.1, 0.15) is 5.69 Å². The first-order chi connectivity index (χ1) is 14.1. The maximum atomic E-state index is 12.7. The first kappa shape index (κ1) is 19.0. The summed E-state index contributed by atoms with van der Waals surface area (Å²) in [5.74, 6) is 0.591. The van der Waals surface area contributed by atoms with Gasteiger partial charge in [-0.25, -0.2) is 9.97 Å². The van der Waals surface area contributed by atoms with Gasteiger partial charge in [0.25, 0.3) is 5.91 Å². The maximum Gasteiger partial charge on any atom is 0.269 e. The van der Waals surface area contributed by atoms with Gasteiger partial charge in [0.05, 0.1) is 11.4 Å². The van der Waals surface area contributed by atoms with Crippen LogP contribution in [0.2, 0.25) is 0 Å². The Kier molecular flexibility index (Phi) is 5.50. The van der Waals surface area contributed by atoms with Crippen LogP contribution < -0.4 is 10.2 Å². The van der Waals surface area contributed by atoms with Gasteiger partial charge in [-0.2, -0.15) is 5.10 Å². The molecule has 1 fully saturated rings. The number of amides is 1. The fraction of sp³-hybridized carbons (Fsp3) is 0.381. The van der Waals surface area contributed by atoms with Crippen LogP contribution in [-0.4, -0.2) is 49.8 Å². The summed E-state index contributed by atoms with van der Waals surface area (Å²) in [5, 5.41) is 7.55. The largest absolute Gasteiger partial charge is 0.346 e. The average Bonchev–Trinajstić information content (AvgIpc) is 3.35. The zero-order valence-electron chi connectivity index (χ0n) is 16.7. The Morgan fingerprint density at radius 3 is 3.00 bits per heavy atom. The molecule has 1 saturated heterocycles. The lowest BCUT2D eigenvalue weighted by Gasteiger charge is -2.17. The van der Waals surface area contributed by atoms with Gasteiger partial charge in [-0.05, 0) is 37.1 Å². The van der Waals surface area contributed by atoms with Gasteiger partial charge in [0.15, 0.2) is 0 Å². The molecule has 0 bridgehead atoms. The van der Waals surface area contributed by atoms with Crippen LogP contribution in [0.4, 0.5) is 5.95 Å². The molecule has 3 aromatic rings. The smallest absolute Gasteiger partial charge is 0.269 e. The van der Waals surface area contributed by atoms with E-state index in [1.807, 2.05) is 31.3 Å². The third-order valence-electron chi connectivity index (χ3n) is 5.08. The summed E-state index contributed by atoms with van der Waals surface area (Å²) in [5.41, 5.74) is 3.35. The molecule has 1 amide bonds. The van der Waals surface area contributed by atoms with Crippen LogP contribution in [0.1, 0.15) is 35.9 Å². The summed E-state index contributed by atoms with van der Waals surface area (Å²) in [6.07, 6.45) is 8.04. The van der Waals surface area contributed by atoms with Crippen molar-refractivity contribution in [3.63, 3.8) is 0 Å². The standard InChI is InChI=1S/C21H25N7O/c1-3-5-16-12-19(27(2)26-16)20(29)24-17-8-11-28(14-17)21-23-10-7-18(25-21)15-6-4-9-22-13-15/h4,6-7,9-10,12-13,17H,3,5,8,11,14H2,1-2H3,(H,24,29). The molecule has 1 aliphatic heterocycles. The van der Waals surface area contributed by atoms with E-state index in [1.165, 1.54) is 0 Å². The van der Waals surface area contributed by atoms with Gasteiger partial charge in [-0.15, -0.1) is 0 Å². The second-order valence-electron chi connectivity index (χ2n) is 7.28. The van der Waals surface area contributed by atoms with Gasteiger partial charge in [0, 0.05) is 50.3 Å². The minimum absolute atomic E-state index is 0.0534. The summed E-state index contributed by atoms with van der Waals surface area (Å²) < 4.78 is 1.66.